The van der Waals surface area contributed by atoms with Gasteiger partial charge in [-0.15, -0.1) is 0 Å². The highest BCUT2D eigenvalue weighted by Crippen LogP contribution is 2.23. The molecule has 2 amide bonds. The zero-order valence-corrected chi connectivity index (χ0v) is 13.9. The van der Waals surface area contributed by atoms with Crippen molar-refractivity contribution in [2.45, 2.75) is 19.8 Å². The first-order valence-corrected chi connectivity index (χ1v) is 7.55. The van der Waals surface area contributed by atoms with E-state index in [0.717, 1.165) is 12.8 Å². The maximum absolute atomic E-state index is 12.8. The number of hydrogen-bond acceptors (Lipinski definition) is 4. The molecule has 23 heavy (non-hydrogen) atoms. The van der Waals surface area contributed by atoms with Crippen molar-refractivity contribution in [3.63, 3.8) is 0 Å². The minimum Gasteiger partial charge on any atom is -0.452 e. The first-order valence-electron chi connectivity index (χ1n) is 7.55. The molecule has 0 radical (unpaired) electrons. The number of amides is 2. The highest BCUT2D eigenvalue weighted by molar-refractivity contribution is 5.96. The highest BCUT2D eigenvalue weighted by atomic mass is 16.5. The van der Waals surface area contributed by atoms with Gasteiger partial charge in [-0.2, -0.15) is 0 Å². The van der Waals surface area contributed by atoms with Gasteiger partial charge in [0.1, 0.15) is 0 Å². The minimum atomic E-state index is -0.578. The molecule has 0 aliphatic rings. The second kappa shape index (κ2) is 7.13. The lowest BCUT2D eigenvalue weighted by molar-refractivity contribution is 0.179. The van der Waals surface area contributed by atoms with E-state index in [9.17, 15) is 9.59 Å². The SMILES string of the molecule is CCCCN(C)C(=O)n1c(N(C)C(=O)OC)nc2ccccc21. The van der Waals surface area contributed by atoms with E-state index in [2.05, 4.69) is 11.9 Å². The first-order chi connectivity index (χ1) is 11.0. The zero-order chi connectivity index (χ0) is 17.0. The lowest BCUT2D eigenvalue weighted by atomic mass is 10.3. The molecular formula is C16H22N4O3. The van der Waals surface area contributed by atoms with Gasteiger partial charge in [0.15, 0.2) is 0 Å². The van der Waals surface area contributed by atoms with E-state index in [4.69, 9.17) is 4.74 Å². The Bertz CT molecular complexity index is 710. The Balaban J connectivity index is 2.51. The Hall–Kier alpha value is -2.57. The summed E-state index contributed by atoms with van der Waals surface area (Å²) >= 11 is 0. The summed E-state index contributed by atoms with van der Waals surface area (Å²) in [7, 11) is 4.57. The minimum absolute atomic E-state index is 0.224. The van der Waals surface area contributed by atoms with Crippen LogP contribution in [0.15, 0.2) is 24.3 Å². The highest BCUT2D eigenvalue weighted by Gasteiger charge is 2.25. The Morgan fingerprint density at radius 1 is 1.26 bits per heavy atom. The van der Waals surface area contributed by atoms with Gasteiger partial charge in [0.2, 0.25) is 5.95 Å². The van der Waals surface area contributed by atoms with E-state index in [1.807, 2.05) is 18.2 Å². The van der Waals surface area contributed by atoms with Crippen molar-refractivity contribution >= 4 is 29.1 Å². The number of hydrogen-bond donors (Lipinski definition) is 0. The van der Waals surface area contributed by atoms with E-state index < -0.39 is 6.09 Å². The van der Waals surface area contributed by atoms with Crippen molar-refractivity contribution in [3.05, 3.63) is 24.3 Å². The van der Waals surface area contributed by atoms with Gasteiger partial charge < -0.3 is 9.64 Å². The molecule has 1 aromatic carbocycles. The molecule has 0 saturated carbocycles. The van der Waals surface area contributed by atoms with Crippen LogP contribution in [0.4, 0.5) is 15.5 Å². The number of fused-ring (bicyclic) bond motifs is 1. The molecule has 0 atom stereocenters. The number of anilines is 1. The van der Waals surface area contributed by atoms with E-state index in [1.165, 1.54) is 23.6 Å². The number of para-hydroxylation sites is 2. The zero-order valence-electron chi connectivity index (χ0n) is 13.9. The van der Waals surface area contributed by atoms with Crippen LogP contribution in [0.5, 0.6) is 0 Å². The van der Waals surface area contributed by atoms with Gasteiger partial charge in [-0.1, -0.05) is 25.5 Å². The summed E-state index contributed by atoms with van der Waals surface area (Å²) in [5.41, 5.74) is 1.31. The summed E-state index contributed by atoms with van der Waals surface area (Å²) < 4.78 is 6.18. The molecule has 124 valence electrons. The van der Waals surface area contributed by atoms with Crippen molar-refractivity contribution in [2.24, 2.45) is 0 Å². The molecule has 1 heterocycles. The lowest BCUT2D eigenvalue weighted by Crippen LogP contribution is -2.36. The van der Waals surface area contributed by atoms with E-state index in [0.29, 0.717) is 17.6 Å². The van der Waals surface area contributed by atoms with Crippen LogP contribution in [0, 0.1) is 0 Å². The molecular weight excluding hydrogens is 296 g/mol. The van der Waals surface area contributed by atoms with Crippen LogP contribution in [0.3, 0.4) is 0 Å². The van der Waals surface area contributed by atoms with Crippen molar-refractivity contribution in [3.8, 4) is 0 Å². The molecule has 7 nitrogen and oxygen atoms in total. The summed E-state index contributed by atoms with van der Waals surface area (Å²) in [5.74, 6) is 0.242. The number of imidazole rings is 1. The quantitative estimate of drug-likeness (QED) is 0.869. The molecule has 0 spiro atoms. The number of rotatable bonds is 4. The van der Waals surface area contributed by atoms with Crippen LogP contribution in [-0.4, -0.2) is 54.3 Å². The van der Waals surface area contributed by atoms with Gasteiger partial charge in [-0.05, 0) is 18.6 Å². The van der Waals surface area contributed by atoms with Gasteiger partial charge in [-0.25, -0.2) is 24.0 Å². The van der Waals surface area contributed by atoms with Crippen LogP contribution in [0.1, 0.15) is 19.8 Å². The smallest absolute Gasteiger partial charge is 0.416 e. The third-order valence-corrected chi connectivity index (χ3v) is 3.66. The third-order valence-electron chi connectivity index (χ3n) is 3.66. The van der Waals surface area contributed by atoms with Crippen LogP contribution in [0.2, 0.25) is 0 Å². The Morgan fingerprint density at radius 2 is 1.96 bits per heavy atom. The molecule has 0 fully saturated rings. The second-order valence-corrected chi connectivity index (χ2v) is 5.32. The summed E-state index contributed by atoms with van der Waals surface area (Å²) in [4.78, 5) is 31.9. The van der Waals surface area contributed by atoms with E-state index in [-0.39, 0.29) is 12.0 Å². The molecule has 2 rings (SSSR count). The summed E-state index contributed by atoms with van der Waals surface area (Å²) in [6.07, 6.45) is 1.33. The molecule has 0 saturated heterocycles. The Kier molecular flexibility index (Phi) is 5.20. The number of ether oxygens (including phenoxy) is 1. The van der Waals surface area contributed by atoms with Crippen LogP contribution in [-0.2, 0) is 4.74 Å². The molecule has 0 N–H and O–H groups in total. The second-order valence-electron chi connectivity index (χ2n) is 5.32. The largest absolute Gasteiger partial charge is 0.452 e. The molecule has 7 heteroatoms. The van der Waals surface area contributed by atoms with E-state index >= 15 is 0 Å². The molecule has 2 aromatic rings. The predicted molar refractivity (Wildman–Crippen MR) is 88.9 cm³/mol. The van der Waals surface area contributed by atoms with Gasteiger partial charge >= 0.3 is 12.1 Å². The summed E-state index contributed by atoms with van der Waals surface area (Å²) in [6, 6.07) is 7.06. The standard InChI is InChI=1S/C16H22N4O3/c1-5-6-11-18(2)15(21)20-13-10-8-7-9-12(13)17-14(20)19(3)16(22)23-4/h7-10H,5-6,11H2,1-4H3. The molecule has 0 aliphatic heterocycles. The van der Waals surface area contributed by atoms with Gasteiger partial charge in [0, 0.05) is 20.6 Å². The van der Waals surface area contributed by atoms with Gasteiger partial charge in [0.05, 0.1) is 18.1 Å². The Morgan fingerprint density at radius 3 is 2.61 bits per heavy atom. The summed E-state index contributed by atoms with van der Waals surface area (Å²) in [5, 5.41) is 0. The van der Waals surface area contributed by atoms with Gasteiger partial charge in [0.25, 0.3) is 0 Å². The number of carbonyl (C=O) groups excluding carboxylic acids is 2. The normalized spacial score (nSPS) is 10.6. The topological polar surface area (TPSA) is 67.7 Å². The fourth-order valence-corrected chi connectivity index (χ4v) is 2.31. The van der Waals surface area contributed by atoms with E-state index in [1.54, 1.807) is 18.0 Å². The van der Waals surface area contributed by atoms with Crippen molar-refractivity contribution in [1.82, 2.24) is 14.5 Å². The third kappa shape index (κ3) is 3.28. The van der Waals surface area contributed by atoms with Crippen molar-refractivity contribution < 1.29 is 14.3 Å². The monoisotopic (exact) mass is 318 g/mol. The number of benzene rings is 1. The lowest BCUT2D eigenvalue weighted by Gasteiger charge is -2.21. The van der Waals surface area contributed by atoms with Gasteiger partial charge in [-0.3, -0.25) is 0 Å². The molecule has 0 bridgehead atoms. The van der Waals surface area contributed by atoms with Crippen LogP contribution < -0.4 is 4.90 Å². The number of nitrogens with zero attached hydrogens (tertiary/aromatic N) is 4. The number of carbonyl (C=O) groups is 2. The van der Waals surface area contributed by atoms with Crippen LogP contribution >= 0.6 is 0 Å². The molecule has 0 unspecified atom stereocenters. The maximum Gasteiger partial charge on any atom is 0.416 e. The molecule has 0 aliphatic carbocycles. The average molecular weight is 318 g/mol. The number of unbranched alkanes of at least 4 members (excludes halogenated alkanes) is 1. The fraction of sp³-hybridized carbons (Fsp3) is 0.438. The first kappa shape index (κ1) is 16.8. The number of aromatic nitrogens is 2. The van der Waals surface area contributed by atoms with Crippen molar-refractivity contribution in [1.29, 1.82) is 0 Å². The molecule has 1 aromatic heterocycles. The fourth-order valence-electron chi connectivity index (χ4n) is 2.31. The van der Waals surface area contributed by atoms with Crippen LogP contribution in [0.25, 0.3) is 11.0 Å². The maximum atomic E-state index is 12.8. The predicted octanol–water partition coefficient (Wildman–Crippen LogP) is 2.94. The Labute approximate surface area is 135 Å². The van der Waals surface area contributed by atoms with Crippen molar-refractivity contribution in [2.75, 3.05) is 32.6 Å². The average Bonchev–Trinajstić information content (AvgIpc) is 2.96. The number of methoxy groups -OCH3 is 1. The summed E-state index contributed by atoms with van der Waals surface area (Å²) in [6.45, 7) is 2.71.